The second-order valence-corrected chi connectivity index (χ2v) is 8.83. The maximum Gasteiger partial charge on any atom is 0.422 e. The molecule has 1 saturated carbocycles. The zero-order chi connectivity index (χ0) is 22.5. The van der Waals surface area contributed by atoms with E-state index in [4.69, 9.17) is 16.3 Å². The van der Waals surface area contributed by atoms with Crippen molar-refractivity contribution in [1.29, 1.82) is 0 Å². The van der Waals surface area contributed by atoms with E-state index >= 15 is 0 Å². The predicted molar refractivity (Wildman–Crippen MR) is 114 cm³/mol. The average Bonchev–Trinajstić information content (AvgIpc) is 3.25. The van der Waals surface area contributed by atoms with Gasteiger partial charge in [0.1, 0.15) is 5.15 Å². The van der Waals surface area contributed by atoms with E-state index < -0.39 is 12.8 Å². The number of aromatic nitrogens is 4. The zero-order valence-corrected chi connectivity index (χ0v) is 18.1. The van der Waals surface area contributed by atoms with Crippen LogP contribution in [0.1, 0.15) is 18.4 Å². The number of alkyl halides is 3. The van der Waals surface area contributed by atoms with Crippen molar-refractivity contribution in [3.8, 4) is 5.88 Å². The maximum absolute atomic E-state index is 12.6. The first-order valence-corrected chi connectivity index (χ1v) is 10.8. The number of rotatable bonds is 5. The Bertz CT molecular complexity index is 1120. The molecule has 2 aliphatic rings. The van der Waals surface area contributed by atoms with Crippen molar-refractivity contribution in [2.24, 2.45) is 11.8 Å². The minimum atomic E-state index is -4.43. The molecule has 3 atom stereocenters. The van der Waals surface area contributed by atoms with Gasteiger partial charge in [-0.3, -0.25) is 0 Å². The van der Waals surface area contributed by atoms with Crippen molar-refractivity contribution < 1.29 is 17.9 Å². The van der Waals surface area contributed by atoms with Gasteiger partial charge in [-0.1, -0.05) is 17.7 Å². The van der Waals surface area contributed by atoms with Crippen LogP contribution in [0.25, 0.3) is 5.65 Å². The molecule has 3 aromatic rings. The SMILES string of the molecule is Cc1ccc(OCC(F)(F)F)n2nc(NC3[C@@H]4CC[C@H]3CN(c3ccnc(Cl)c3)C4)nc12. The van der Waals surface area contributed by atoms with Crippen LogP contribution in [-0.2, 0) is 0 Å². The van der Waals surface area contributed by atoms with Gasteiger partial charge in [0.25, 0.3) is 0 Å². The normalized spacial score (nSPS) is 23.0. The minimum Gasteiger partial charge on any atom is -0.468 e. The van der Waals surface area contributed by atoms with Crippen LogP contribution >= 0.6 is 11.6 Å². The molecule has 1 unspecified atom stereocenters. The van der Waals surface area contributed by atoms with Crippen LogP contribution in [0.4, 0.5) is 24.8 Å². The summed E-state index contributed by atoms with van der Waals surface area (Å²) in [5.41, 5.74) is 2.34. The average molecular weight is 467 g/mol. The Labute approximate surface area is 187 Å². The molecule has 2 fully saturated rings. The van der Waals surface area contributed by atoms with Gasteiger partial charge in [-0.25, -0.2) is 4.98 Å². The second-order valence-electron chi connectivity index (χ2n) is 8.44. The van der Waals surface area contributed by atoms with Gasteiger partial charge < -0.3 is 15.0 Å². The number of fused-ring (bicyclic) bond motifs is 3. The molecule has 2 bridgehead atoms. The summed E-state index contributed by atoms with van der Waals surface area (Å²) in [4.78, 5) is 10.9. The Morgan fingerprint density at radius 1 is 1.19 bits per heavy atom. The smallest absolute Gasteiger partial charge is 0.422 e. The van der Waals surface area contributed by atoms with E-state index in [0.29, 0.717) is 28.6 Å². The lowest BCUT2D eigenvalue weighted by Crippen LogP contribution is -2.48. The standard InChI is InChI=1S/C21H22ClF3N6O/c1-12-2-5-17(32-11-21(23,24)25)31-19(12)28-20(29-31)27-18-13-3-4-14(18)10-30(9-13)15-6-7-26-16(22)8-15/h2,5-8,13-14,18H,3-4,9-11H2,1H3,(H,27,29)/t13-,14+,18?. The monoisotopic (exact) mass is 466 g/mol. The highest BCUT2D eigenvalue weighted by Crippen LogP contribution is 2.40. The second kappa shape index (κ2) is 7.99. The van der Waals surface area contributed by atoms with E-state index in [9.17, 15) is 13.2 Å². The molecule has 32 heavy (non-hydrogen) atoms. The Kier molecular flexibility index (Phi) is 5.27. The Morgan fingerprint density at radius 2 is 1.94 bits per heavy atom. The quantitative estimate of drug-likeness (QED) is 0.564. The summed E-state index contributed by atoms with van der Waals surface area (Å²) in [7, 11) is 0. The molecule has 5 rings (SSSR count). The highest BCUT2D eigenvalue weighted by Gasteiger charge is 2.42. The molecule has 170 valence electrons. The van der Waals surface area contributed by atoms with Gasteiger partial charge in [-0.05, 0) is 49.3 Å². The highest BCUT2D eigenvalue weighted by atomic mass is 35.5. The highest BCUT2D eigenvalue weighted by molar-refractivity contribution is 6.29. The molecule has 11 heteroatoms. The zero-order valence-electron chi connectivity index (χ0n) is 17.3. The number of aryl methyl sites for hydroxylation is 1. The fourth-order valence-electron chi connectivity index (χ4n) is 4.80. The largest absolute Gasteiger partial charge is 0.468 e. The molecule has 3 aromatic heterocycles. The summed E-state index contributed by atoms with van der Waals surface area (Å²) >= 11 is 6.06. The number of halogens is 4. The Hall–Kier alpha value is -2.75. The van der Waals surface area contributed by atoms with Crippen molar-refractivity contribution in [2.75, 3.05) is 29.9 Å². The van der Waals surface area contributed by atoms with E-state index in [1.54, 1.807) is 12.3 Å². The van der Waals surface area contributed by atoms with E-state index in [1.165, 1.54) is 10.6 Å². The predicted octanol–water partition coefficient (Wildman–Crippen LogP) is 4.35. The first-order valence-electron chi connectivity index (χ1n) is 10.5. The van der Waals surface area contributed by atoms with Crippen LogP contribution < -0.4 is 15.0 Å². The van der Waals surface area contributed by atoms with Crippen molar-refractivity contribution >= 4 is 28.9 Å². The van der Waals surface area contributed by atoms with Crippen LogP contribution in [0.2, 0.25) is 5.15 Å². The molecule has 0 aromatic carbocycles. The fourth-order valence-corrected chi connectivity index (χ4v) is 4.96. The third-order valence-electron chi connectivity index (χ3n) is 6.23. The molecule has 7 nitrogen and oxygen atoms in total. The van der Waals surface area contributed by atoms with Crippen LogP contribution in [0, 0.1) is 18.8 Å². The van der Waals surface area contributed by atoms with Gasteiger partial charge in [-0.2, -0.15) is 22.7 Å². The first-order chi connectivity index (χ1) is 15.3. The van der Waals surface area contributed by atoms with E-state index in [2.05, 4.69) is 25.3 Å². The number of ether oxygens (including phenoxy) is 1. The first kappa shape index (κ1) is 21.1. The molecule has 1 saturated heterocycles. The van der Waals surface area contributed by atoms with Gasteiger partial charge in [0.15, 0.2) is 12.3 Å². The van der Waals surface area contributed by atoms with E-state index in [1.807, 2.05) is 19.1 Å². The van der Waals surface area contributed by atoms with Crippen molar-refractivity contribution in [1.82, 2.24) is 19.6 Å². The maximum atomic E-state index is 12.6. The Morgan fingerprint density at radius 3 is 2.62 bits per heavy atom. The number of nitrogens with one attached hydrogen (secondary N) is 1. The lowest BCUT2D eigenvalue weighted by molar-refractivity contribution is -0.154. The molecular weight excluding hydrogens is 445 g/mol. The summed E-state index contributed by atoms with van der Waals surface area (Å²) in [5, 5.41) is 8.35. The van der Waals surface area contributed by atoms with Gasteiger partial charge in [0.05, 0.1) is 0 Å². The fraction of sp³-hybridized carbons (Fsp3) is 0.476. The number of hydrogen-bond donors (Lipinski definition) is 1. The van der Waals surface area contributed by atoms with Crippen LogP contribution in [0.15, 0.2) is 30.5 Å². The van der Waals surface area contributed by atoms with Crippen molar-refractivity contribution in [2.45, 2.75) is 32.0 Å². The van der Waals surface area contributed by atoms with Crippen LogP contribution in [-0.4, -0.2) is 51.5 Å². The van der Waals surface area contributed by atoms with E-state index in [-0.39, 0.29) is 11.9 Å². The molecular formula is C21H22ClF3N6O. The molecule has 0 radical (unpaired) electrons. The number of piperidine rings is 1. The van der Waals surface area contributed by atoms with Crippen LogP contribution in [0.5, 0.6) is 5.88 Å². The van der Waals surface area contributed by atoms with Gasteiger partial charge >= 0.3 is 6.18 Å². The number of pyridine rings is 2. The van der Waals surface area contributed by atoms with Crippen molar-refractivity contribution in [3.63, 3.8) is 0 Å². The van der Waals surface area contributed by atoms with Crippen LogP contribution in [0.3, 0.4) is 0 Å². The minimum absolute atomic E-state index is 0.0100. The molecule has 0 spiro atoms. The summed E-state index contributed by atoms with van der Waals surface area (Å²) < 4.78 is 44.1. The number of nitrogens with zero attached hydrogens (tertiary/aromatic N) is 5. The van der Waals surface area contributed by atoms with Gasteiger partial charge in [-0.15, -0.1) is 5.10 Å². The summed E-state index contributed by atoms with van der Waals surface area (Å²) in [6, 6.07) is 7.20. The summed E-state index contributed by atoms with van der Waals surface area (Å²) in [5.74, 6) is 1.21. The lowest BCUT2D eigenvalue weighted by Gasteiger charge is -2.39. The third-order valence-corrected chi connectivity index (χ3v) is 6.44. The Balaban J connectivity index is 1.34. The third kappa shape index (κ3) is 4.15. The molecule has 0 amide bonds. The van der Waals surface area contributed by atoms with Gasteiger partial charge in [0.2, 0.25) is 11.8 Å². The summed E-state index contributed by atoms with van der Waals surface area (Å²) in [6.45, 7) is 2.21. The summed E-state index contributed by atoms with van der Waals surface area (Å²) in [6.07, 6.45) is -0.537. The van der Waals surface area contributed by atoms with Crippen molar-refractivity contribution in [3.05, 3.63) is 41.2 Å². The molecule has 4 heterocycles. The molecule has 1 aliphatic heterocycles. The molecule has 1 N–H and O–H groups in total. The van der Waals surface area contributed by atoms with E-state index in [0.717, 1.165) is 37.2 Å². The molecule has 1 aliphatic carbocycles. The number of hydrogen-bond acceptors (Lipinski definition) is 6. The topological polar surface area (TPSA) is 67.6 Å². The lowest BCUT2D eigenvalue weighted by atomic mass is 9.92. The number of anilines is 2. The van der Waals surface area contributed by atoms with Gasteiger partial charge in [0, 0.05) is 37.1 Å².